The predicted octanol–water partition coefficient (Wildman–Crippen LogP) is 6.81. The van der Waals surface area contributed by atoms with E-state index in [1.807, 2.05) is 0 Å². The molecule has 0 spiro atoms. The number of aliphatic hydroxyl groups excluding tert-OH is 1. The second kappa shape index (κ2) is 13.1. The van der Waals surface area contributed by atoms with Crippen molar-refractivity contribution in [3.63, 3.8) is 0 Å². The highest BCUT2D eigenvalue weighted by molar-refractivity contribution is 7.90. The van der Waals surface area contributed by atoms with Crippen molar-refractivity contribution in [3.05, 3.63) is 29.8 Å². The summed E-state index contributed by atoms with van der Waals surface area (Å²) in [4.78, 5) is 24.8. The van der Waals surface area contributed by atoms with Crippen molar-refractivity contribution in [1.82, 2.24) is 10.0 Å². The minimum atomic E-state index is -4.08. The van der Waals surface area contributed by atoms with Crippen LogP contribution >= 0.6 is 0 Å². The van der Waals surface area contributed by atoms with Gasteiger partial charge in [-0.1, -0.05) is 59.1 Å². The topological polar surface area (TPSA) is 122 Å². The molecule has 0 aromatic heterocycles. The van der Waals surface area contributed by atoms with Gasteiger partial charge in [0.2, 0.25) is 0 Å². The largest absolute Gasteiger partial charge is 0.468 e. The molecule has 0 heterocycles. The van der Waals surface area contributed by atoms with E-state index >= 15 is 0 Å². The molecular formula is C37H58N2O6S. The van der Waals surface area contributed by atoms with Gasteiger partial charge in [0.25, 0.3) is 10.0 Å². The van der Waals surface area contributed by atoms with Gasteiger partial charge in [-0.2, -0.15) is 0 Å². The highest BCUT2D eigenvalue weighted by Crippen LogP contribution is 2.69. The Labute approximate surface area is 277 Å². The molecule has 4 aliphatic rings. The van der Waals surface area contributed by atoms with E-state index < -0.39 is 27.4 Å². The van der Waals surface area contributed by atoms with E-state index in [-0.39, 0.29) is 16.4 Å². The molecule has 1 aromatic carbocycles. The highest BCUT2D eigenvalue weighted by atomic mass is 32.2. The summed E-state index contributed by atoms with van der Waals surface area (Å²) in [5, 5.41) is 14.7. The first kappa shape index (κ1) is 35.2. The van der Waals surface area contributed by atoms with Crippen LogP contribution in [-0.4, -0.2) is 45.3 Å². The van der Waals surface area contributed by atoms with Gasteiger partial charge >= 0.3 is 12.0 Å². The molecule has 4 saturated carbocycles. The molecular weight excluding hydrogens is 600 g/mol. The van der Waals surface area contributed by atoms with Gasteiger partial charge in [0.15, 0.2) is 0 Å². The third-order valence-corrected chi connectivity index (χ3v) is 15.1. The molecule has 0 radical (unpaired) electrons. The fourth-order valence-electron chi connectivity index (χ4n) is 11.3. The Morgan fingerprint density at radius 3 is 2.33 bits per heavy atom. The van der Waals surface area contributed by atoms with Gasteiger partial charge in [-0.25, -0.2) is 17.9 Å². The van der Waals surface area contributed by atoms with Gasteiger partial charge in [0.1, 0.15) is 0 Å². The van der Waals surface area contributed by atoms with E-state index in [1.54, 1.807) is 26.0 Å². The van der Waals surface area contributed by atoms with Crippen molar-refractivity contribution in [1.29, 1.82) is 0 Å². The van der Waals surface area contributed by atoms with Crippen LogP contribution in [-0.2, 0) is 25.0 Å². The molecule has 46 heavy (non-hydrogen) atoms. The lowest BCUT2D eigenvalue weighted by Crippen LogP contribution is -2.61. The second-order valence-electron chi connectivity index (χ2n) is 16.2. The van der Waals surface area contributed by atoms with E-state index in [2.05, 4.69) is 37.7 Å². The number of hydrogen-bond donors (Lipinski definition) is 3. The number of rotatable bonds is 9. The first-order valence-electron chi connectivity index (χ1n) is 17.8. The SMILES string of the molecule is CC[C@H]1[C@@H](O)[C@@H]2[C@H](CC[C@]3(C)[C@@H]([C@H](C)CCNC(=O)NS(=O)(=O)c4ccc(C(C)(C)C(=O)OC)cc4)CC[C@@H]23)[C@@]2(C)CCCC[C@@H]12. The Balaban J connectivity index is 1.18. The van der Waals surface area contributed by atoms with Crippen LogP contribution in [0.3, 0.4) is 0 Å². The van der Waals surface area contributed by atoms with E-state index in [1.165, 1.54) is 64.2 Å². The Hall–Kier alpha value is -2.13. The van der Waals surface area contributed by atoms with Gasteiger partial charge in [-0.15, -0.1) is 0 Å². The number of amides is 2. The van der Waals surface area contributed by atoms with Gasteiger partial charge in [-0.3, -0.25) is 4.79 Å². The molecule has 4 aliphatic carbocycles. The van der Waals surface area contributed by atoms with Crippen LogP contribution < -0.4 is 10.0 Å². The smallest absolute Gasteiger partial charge is 0.328 e. The van der Waals surface area contributed by atoms with Crippen molar-refractivity contribution in [2.24, 2.45) is 52.3 Å². The van der Waals surface area contributed by atoms with Gasteiger partial charge in [0.05, 0.1) is 23.5 Å². The minimum Gasteiger partial charge on any atom is -0.468 e. The van der Waals surface area contributed by atoms with Gasteiger partial charge in [0, 0.05) is 6.54 Å². The summed E-state index contributed by atoms with van der Waals surface area (Å²) in [6, 6.07) is 5.18. The second-order valence-corrected chi connectivity index (χ2v) is 17.9. The molecule has 4 fully saturated rings. The molecule has 8 nitrogen and oxygen atoms in total. The summed E-state index contributed by atoms with van der Waals surface area (Å²) in [6.07, 6.45) is 11.6. The number of nitrogens with one attached hydrogen (secondary N) is 2. The average Bonchev–Trinajstić information content (AvgIpc) is 3.37. The number of esters is 1. The number of fused-ring (bicyclic) bond motifs is 5. The van der Waals surface area contributed by atoms with Crippen LogP contribution in [0.1, 0.15) is 111 Å². The molecule has 258 valence electrons. The third kappa shape index (κ3) is 6.01. The number of carbonyl (C=O) groups is 2. The van der Waals surface area contributed by atoms with Crippen LogP contribution in [0.5, 0.6) is 0 Å². The Morgan fingerprint density at radius 2 is 1.67 bits per heavy atom. The summed E-state index contributed by atoms with van der Waals surface area (Å²) in [7, 11) is -2.76. The lowest BCUT2D eigenvalue weighted by molar-refractivity contribution is -0.194. The summed E-state index contributed by atoms with van der Waals surface area (Å²) in [5.41, 5.74) is 0.216. The molecule has 3 N–H and O–H groups in total. The van der Waals surface area contributed by atoms with Gasteiger partial charge in [-0.05, 0) is 129 Å². The van der Waals surface area contributed by atoms with Crippen LogP contribution in [0.25, 0.3) is 0 Å². The summed E-state index contributed by atoms with van der Waals surface area (Å²) in [5.74, 6) is 3.07. The first-order chi connectivity index (χ1) is 21.6. The van der Waals surface area contributed by atoms with Crippen molar-refractivity contribution in [2.75, 3.05) is 13.7 Å². The van der Waals surface area contributed by atoms with Crippen molar-refractivity contribution >= 4 is 22.0 Å². The average molecular weight is 659 g/mol. The molecule has 5 rings (SSSR count). The quantitative estimate of drug-likeness (QED) is 0.251. The van der Waals surface area contributed by atoms with E-state index in [0.717, 1.165) is 19.3 Å². The molecule has 0 bridgehead atoms. The van der Waals surface area contributed by atoms with Crippen LogP contribution in [0.2, 0.25) is 0 Å². The van der Waals surface area contributed by atoms with Crippen molar-refractivity contribution in [2.45, 2.75) is 122 Å². The van der Waals surface area contributed by atoms with Crippen LogP contribution in [0, 0.1) is 52.3 Å². The summed E-state index contributed by atoms with van der Waals surface area (Å²) < 4.78 is 32.8. The molecule has 10 atom stereocenters. The maximum absolute atomic E-state index is 12.9. The summed E-state index contributed by atoms with van der Waals surface area (Å²) >= 11 is 0. The number of benzene rings is 1. The minimum absolute atomic E-state index is 0.0513. The van der Waals surface area contributed by atoms with Crippen LogP contribution in [0.4, 0.5) is 4.79 Å². The number of sulfonamides is 1. The standard InChI is InChI=1S/C37H58N2O6S/c1-8-26-28-11-9-10-20-36(28,5)30-18-21-37(6)27(16-17-29(37)31(30)32(26)40)23(2)19-22-38-34(42)39-46(43,44)25-14-12-24(13-15-25)35(3,4)33(41)45-7/h12-15,23,26-32,40H,8-11,16-22H2,1-7H3,(H2,38,39,42)/t23-,26-,27-,28+,29+,30+,31+,32-,36+,37-/m1/s1. The van der Waals surface area contributed by atoms with E-state index in [9.17, 15) is 23.1 Å². The maximum Gasteiger partial charge on any atom is 0.328 e. The molecule has 0 unspecified atom stereocenters. The van der Waals surface area contributed by atoms with Crippen molar-refractivity contribution < 1.29 is 27.9 Å². The fourth-order valence-corrected chi connectivity index (χ4v) is 12.2. The molecule has 0 saturated heterocycles. The Bertz CT molecular complexity index is 1380. The van der Waals surface area contributed by atoms with Crippen LogP contribution in [0.15, 0.2) is 29.2 Å². The fraction of sp³-hybridized carbons (Fsp3) is 0.784. The third-order valence-electron chi connectivity index (χ3n) is 13.8. The number of carbonyl (C=O) groups excluding carboxylic acids is 2. The zero-order chi connectivity index (χ0) is 33.7. The Morgan fingerprint density at radius 1 is 1.00 bits per heavy atom. The predicted molar refractivity (Wildman–Crippen MR) is 179 cm³/mol. The molecule has 1 aromatic rings. The normalized spacial score (nSPS) is 36.5. The monoisotopic (exact) mass is 658 g/mol. The molecule has 2 amide bonds. The Kier molecular flexibility index (Phi) is 9.99. The zero-order valence-corrected chi connectivity index (χ0v) is 29.9. The maximum atomic E-state index is 12.9. The number of hydrogen-bond acceptors (Lipinski definition) is 6. The summed E-state index contributed by atoms with van der Waals surface area (Å²) in [6.45, 7) is 13.4. The highest BCUT2D eigenvalue weighted by Gasteiger charge is 2.64. The number of urea groups is 1. The first-order valence-corrected chi connectivity index (χ1v) is 19.3. The van der Waals surface area contributed by atoms with Crippen molar-refractivity contribution in [3.8, 4) is 0 Å². The lowest BCUT2D eigenvalue weighted by atomic mass is 9.41. The number of ether oxygens (including phenoxy) is 1. The number of aliphatic hydroxyl groups is 1. The lowest BCUT2D eigenvalue weighted by Gasteiger charge is -2.64. The van der Waals surface area contributed by atoms with E-state index in [0.29, 0.717) is 58.9 Å². The number of methoxy groups -OCH3 is 1. The van der Waals surface area contributed by atoms with E-state index in [4.69, 9.17) is 4.74 Å². The van der Waals surface area contributed by atoms with Gasteiger partial charge < -0.3 is 15.2 Å². The molecule has 9 heteroatoms. The zero-order valence-electron chi connectivity index (χ0n) is 29.1. The molecule has 0 aliphatic heterocycles.